The van der Waals surface area contributed by atoms with Gasteiger partial charge in [0.05, 0.1) is 5.75 Å². The van der Waals surface area contributed by atoms with E-state index in [-0.39, 0.29) is 5.76 Å². The SMILES string of the molecule is CSCc1ccc(C(=O)NC(C)(C(=O)O)C(F)(F)F)o1. The normalized spacial score (nSPS) is 14.7. The molecule has 1 amide bonds. The van der Waals surface area contributed by atoms with E-state index >= 15 is 0 Å². The fourth-order valence-corrected chi connectivity index (χ4v) is 1.69. The topological polar surface area (TPSA) is 79.5 Å². The zero-order valence-electron chi connectivity index (χ0n) is 10.6. The number of rotatable bonds is 5. The molecule has 0 spiro atoms. The first kappa shape index (κ1) is 16.4. The maximum Gasteiger partial charge on any atom is 0.422 e. The van der Waals surface area contributed by atoms with Crippen molar-refractivity contribution in [1.82, 2.24) is 5.32 Å². The van der Waals surface area contributed by atoms with Crippen molar-refractivity contribution in [2.75, 3.05) is 6.26 Å². The number of amides is 1. The molecule has 1 atom stereocenters. The van der Waals surface area contributed by atoms with Gasteiger partial charge >= 0.3 is 12.1 Å². The van der Waals surface area contributed by atoms with Crippen molar-refractivity contribution in [1.29, 1.82) is 0 Å². The molecule has 20 heavy (non-hydrogen) atoms. The highest BCUT2D eigenvalue weighted by Crippen LogP contribution is 2.30. The number of carboxylic acids is 1. The lowest BCUT2D eigenvalue weighted by Crippen LogP contribution is -2.61. The van der Waals surface area contributed by atoms with Crippen LogP contribution < -0.4 is 5.32 Å². The van der Waals surface area contributed by atoms with Crippen LogP contribution in [0.15, 0.2) is 16.5 Å². The lowest BCUT2D eigenvalue weighted by atomic mass is 10.0. The van der Waals surface area contributed by atoms with Crippen molar-refractivity contribution in [3.05, 3.63) is 23.7 Å². The molecule has 0 aliphatic carbocycles. The van der Waals surface area contributed by atoms with E-state index in [1.165, 1.54) is 29.2 Å². The van der Waals surface area contributed by atoms with Crippen molar-refractivity contribution in [3.8, 4) is 0 Å². The number of hydrogen-bond acceptors (Lipinski definition) is 4. The van der Waals surface area contributed by atoms with E-state index in [1.807, 2.05) is 0 Å². The molecule has 9 heteroatoms. The van der Waals surface area contributed by atoms with Crippen molar-refractivity contribution in [3.63, 3.8) is 0 Å². The maximum atomic E-state index is 12.7. The minimum atomic E-state index is -5.14. The number of aliphatic carboxylic acids is 1. The highest BCUT2D eigenvalue weighted by Gasteiger charge is 2.58. The summed E-state index contributed by atoms with van der Waals surface area (Å²) in [6.07, 6.45) is -3.35. The van der Waals surface area contributed by atoms with Gasteiger partial charge in [-0.2, -0.15) is 24.9 Å². The van der Waals surface area contributed by atoms with Crippen LogP contribution in [0.4, 0.5) is 13.2 Å². The number of carboxylic acid groups (broad SMARTS) is 1. The van der Waals surface area contributed by atoms with Gasteiger partial charge in [0.25, 0.3) is 5.91 Å². The van der Waals surface area contributed by atoms with Gasteiger partial charge in [-0.25, -0.2) is 4.79 Å². The molecular formula is C11H12F3NO4S. The lowest BCUT2D eigenvalue weighted by Gasteiger charge is -2.28. The summed E-state index contributed by atoms with van der Waals surface area (Å²) in [7, 11) is 0. The second-order valence-corrected chi connectivity index (χ2v) is 4.95. The molecule has 0 saturated carbocycles. The first-order valence-electron chi connectivity index (χ1n) is 5.32. The fraction of sp³-hybridized carbons (Fsp3) is 0.455. The highest BCUT2D eigenvalue weighted by molar-refractivity contribution is 7.97. The van der Waals surface area contributed by atoms with E-state index < -0.39 is 23.6 Å². The maximum absolute atomic E-state index is 12.7. The van der Waals surface area contributed by atoms with Gasteiger partial charge < -0.3 is 14.8 Å². The molecule has 0 aliphatic heterocycles. The quantitative estimate of drug-likeness (QED) is 0.872. The van der Waals surface area contributed by atoms with E-state index in [0.29, 0.717) is 18.4 Å². The van der Waals surface area contributed by atoms with E-state index in [2.05, 4.69) is 0 Å². The van der Waals surface area contributed by atoms with Crippen LogP contribution in [0.1, 0.15) is 23.2 Å². The molecule has 1 aromatic heterocycles. The van der Waals surface area contributed by atoms with Crippen molar-refractivity contribution >= 4 is 23.6 Å². The third-order valence-corrected chi connectivity index (χ3v) is 3.10. The Labute approximate surface area is 116 Å². The van der Waals surface area contributed by atoms with Gasteiger partial charge in [0.15, 0.2) is 5.76 Å². The summed E-state index contributed by atoms with van der Waals surface area (Å²) >= 11 is 1.40. The van der Waals surface area contributed by atoms with Crippen LogP contribution in [0, 0.1) is 0 Å². The molecule has 1 aromatic rings. The molecule has 0 bridgehead atoms. The molecule has 0 saturated heterocycles. The highest BCUT2D eigenvalue weighted by atomic mass is 32.2. The molecule has 0 aromatic carbocycles. The Bertz CT molecular complexity index is 514. The van der Waals surface area contributed by atoms with Crippen molar-refractivity contribution < 1.29 is 32.3 Å². The lowest BCUT2D eigenvalue weighted by molar-refractivity contribution is -0.203. The van der Waals surface area contributed by atoms with Gasteiger partial charge in [-0.1, -0.05) is 0 Å². The Kier molecular flexibility index (Phi) is 4.74. The monoisotopic (exact) mass is 311 g/mol. The minimum absolute atomic E-state index is 0.370. The molecule has 1 unspecified atom stereocenters. The molecule has 1 heterocycles. The molecule has 1 rings (SSSR count). The summed E-state index contributed by atoms with van der Waals surface area (Å²) in [6, 6.07) is 2.64. The molecule has 112 valence electrons. The summed E-state index contributed by atoms with van der Waals surface area (Å²) in [5.41, 5.74) is -3.38. The van der Waals surface area contributed by atoms with Gasteiger partial charge in [0, 0.05) is 0 Å². The number of carbonyl (C=O) groups excluding carboxylic acids is 1. The van der Waals surface area contributed by atoms with E-state index in [4.69, 9.17) is 9.52 Å². The van der Waals surface area contributed by atoms with Crippen LogP contribution in [0.3, 0.4) is 0 Å². The number of nitrogens with one attached hydrogen (secondary N) is 1. The standard InChI is InChI=1S/C11H12F3NO4S/c1-10(9(17)18,11(12,13)14)15-8(16)7-4-3-6(19-7)5-20-2/h3-4H,5H2,1-2H3,(H,15,16)(H,17,18). The van der Waals surface area contributed by atoms with Gasteiger partial charge in [0.2, 0.25) is 5.54 Å². The van der Waals surface area contributed by atoms with E-state index in [9.17, 15) is 22.8 Å². The van der Waals surface area contributed by atoms with Crippen LogP contribution in [0.25, 0.3) is 0 Å². The van der Waals surface area contributed by atoms with Crippen LogP contribution in [0.5, 0.6) is 0 Å². The zero-order valence-corrected chi connectivity index (χ0v) is 11.4. The summed E-state index contributed by atoms with van der Waals surface area (Å²) in [5.74, 6) is -2.95. The predicted octanol–water partition coefficient (Wildman–Crippen LogP) is 2.28. The largest absolute Gasteiger partial charge is 0.479 e. The number of alkyl halides is 3. The van der Waals surface area contributed by atoms with Crippen LogP contribution >= 0.6 is 11.8 Å². The fourth-order valence-electron chi connectivity index (χ4n) is 1.25. The Morgan fingerprint density at radius 2 is 2.00 bits per heavy atom. The van der Waals surface area contributed by atoms with Gasteiger partial charge in [-0.15, -0.1) is 0 Å². The average molecular weight is 311 g/mol. The Morgan fingerprint density at radius 1 is 1.40 bits per heavy atom. The number of hydrogen-bond donors (Lipinski definition) is 2. The predicted molar refractivity (Wildman–Crippen MR) is 65.5 cm³/mol. The summed E-state index contributed by atoms with van der Waals surface area (Å²) in [6.45, 7) is 0.374. The van der Waals surface area contributed by atoms with E-state index in [0.717, 1.165) is 0 Å². The van der Waals surface area contributed by atoms with Crippen molar-refractivity contribution in [2.45, 2.75) is 24.4 Å². The zero-order chi connectivity index (χ0) is 15.6. The molecule has 2 N–H and O–H groups in total. The third-order valence-electron chi connectivity index (χ3n) is 2.53. The molecule has 5 nitrogen and oxygen atoms in total. The molecule has 0 fully saturated rings. The minimum Gasteiger partial charge on any atom is -0.479 e. The summed E-state index contributed by atoms with van der Waals surface area (Å²) in [5, 5.41) is 10.1. The first-order chi connectivity index (χ1) is 9.11. The Hall–Kier alpha value is -1.64. The third kappa shape index (κ3) is 3.27. The number of halogens is 3. The second kappa shape index (κ2) is 5.78. The van der Waals surface area contributed by atoms with Gasteiger partial charge in [0.1, 0.15) is 5.76 Å². The smallest absolute Gasteiger partial charge is 0.422 e. The van der Waals surface area contributed by atoms with Crippen LogP contribution in [-0.4, -0.2) is 35.0 Å². The molecule has 0 aliphatic rings. The summed E-state index contributed by atoms with van der Waals surface area (Å²) in [4.78, 5) is 22.4. The molecular weight excluding hydrogens is 299 g/mol. The van der Waals surface area contributed by atoms with Gasteiger partial charge in [-0.05, 0) is 25.3 Å². The van der Waals surface area contributed by atoms with Crippen molar-refractivity contribution in [2.24, 2.45) is 0 Å². The number of furan rings is 1. The molecule has 0 radical (unpaired) electrons. The number of carbonyl (C=O) groups is 2. The summed E-state index contributed by atoms with van der Waals surface area (Å²) < 4.78 is 43.2. The second-order valence-electron chi connectivity index (χ2n) is 4.08. The van der Waals surface area contributed by atoms with Crippen LogP contribution in [-0.2, 0) is 10.5 Å². The number of thioether (sulfide) groups is 1. The van der Waals surface area contributed by atoms with Gasteiger partial charge in [-0.3, -0.25) is 4.79 Å². The van der Waals surface area contributed by atoms with Crippen LogP contribution in [0.2, 0.25) is 0 Å². The first-order valence-corrected chi connectivity index (χ1v) is 6.71. The Balaban J connectivity index is 2.94. The Morgan fingerprint density at radius 3 is 2.45 bits per heavy atom. The van der Waals surface area contributed by atoms with E-state index in [1.54, 1.807) is 6.26 Å². The average Bonchev–Trinajstić information content (AvgIpc) is 2.76.